The van der Waals surface area contributed by atoms with Crippen molar-refractivity contribution in [2.24, 2.45) is 5.92 Å². The Hall–Kier alpha value is -1.14. The molecule has 0 spiro atoms. The van der Waals surface area contributed by atoms with Gasteiger partial charge in [-0.05, 0) is 19.3 Å². The second-order valence-electron chi connectivity index (χ2n) is 5.16. The number of hydrogen-bond acceptors (Lipinski definition) is 4. The quantitative estimate of drug-likeness (QED) is 0.584. The van der Waals surface area contributed by atoms with Crippen LogP contribution in [0.2, 0.25) is 0 Å². The van der Waals surface area contributed by atoms with E-state index >= 15 is 0 Å². The van der Waals surface area contributed by atoms with E-state index in [0.29, 0.717) is 38.8 Å². The molecule has 1 atom stereocenters. The summed E-state index contributed by atoms with van der Waals surface area (Å²) in [6, 6.07) is 0.400. The van der Waals surface area contributed by atoms with Crippen LogP contribution in [-0.4, -0.2) is 60.8 Å². The van der Waals surface area contributed by atoms with E-state index in [4.69, 9.17) is 9.84 Å². The predicted octanol–water partition coefficient (Wildman–Crippen LogP) is -0.487. The van der Waals surface area contributed by atoms with Gasteiger partial charge in [0.15, 0.2) is 0 Å². The zero-order valence-corrected chi connectivity index (χ0v) is 11.1. The molecule has 2 fully saturated rings. The van der Waals surface area contributed by atoms with Gasteiger partial charge in [0.1, 0.15) is 0 Å². The van der Waals surface area contributed by atoms with Crippen LogP contribution >= 0.6 is 0 Å². The van der Waals surface area contributed by atoms with Crippen LogP contribution in [0.5, 0.6) is 0 Å². The number of likely N-dealkylation sites (tertiary alicyclic amines) is 1. The Morgan fingerprint density at radius 3 is 2.89 bits per heavy atom. The first kappa shape index (κ1) is 14.3. The summed E-state index contributed by atoms with van der Waals surface area (Å²) in [6.07, 6.45) is 3.24. The fourth-order valence-electron chi connectivity index (χ4n) is 2.34. The lowest BCUT2D eigenvalue weighted by Gasteiger charge is -2.15. The van der Waals surface area contributed by atoms with Crippen LogP contribution in [0.25, 0.3) is 0 Å². The van der Waals surface area contributed by atoms with Crippen molar-refractivity contribution in [3.63, 3.8) is 0 Å². The number of hydrogen-bond donors (Lipinski definition) is 2. The van der Waals surface area contributed by atoms with Crippen molar-refractivity contribution < 1.29 is 19.4 Å². The highest BCUT2D eigenvalue weighted by atomic mass is 16.5. The highest BCUT2D eigenvalue weighted by Crippen LogP contribution is 2.32. The summed E-state index contributed by atoms with van der Waals surface area (Å²) in [6.45, 7) is 2.02. The monoisotopic (exact) mass is 270 g/mol. The number of carbonyl (C=O) groups is 2. The van der Waals surface area contributed by atoms with E-state index in [1.807, 2.05) is 4.90 Å². The Labute approximate surface area is 113 Å². The third kappa shape index (κ3) is 4.18. The van der Waals surface area contributed by atoms with Gasteiger partial charge in [0.05, 0.1) is 19.1 Å². The fraction of sp³-hybridized carbons (Fsp3) is 0.846. The molecule has 0 bridgehead atoms. The molecule has 0 aromatic rings. The van der Waals surface area contributed by atoms with E-state index in [0.717, 1.165) is 19.3 Å². The highest BCUT2D eigenvalue weighted by Gasteiger charge is 2.41. The second kappa shape index (κ2) is 6.86. The van der Waals surface area contributed by atoms with Gasteiger partial charge >= 0.3 is 0 Å². The Morgan fingerprint density at radius 1 is 1.42 bits per heavy atom. The van der Waals surface area contributed by atoms with Crippen molar-refractivity contribution in [3.05, 3.63) is 0 Å². The van der Waals surface area contributed by atoms with Crippen LogP contribution in [0.4, 0.5) is 0 Å². The zero-order valence-electron chi connectivity index (χ0n) is 11.1. The van der Waals surface area contributed by atoms with Gasteiger partial charge < -0.3 is 20.1 Å². The topological polar surface area (TPSA) is 78.9 Å². The molecular formula is C13H22N2O4. The molecule has 1 saturated heterocycles. The van der Waals surface area contributed by atoms with Crippen molar-refractivity contribution in [1.29, 1.82) is 0 Å². The molecular weight excluding hydrogens is 248 g/mol. The number of ether oxygens (including phenoxy) is 1. The normalized spacial score (nSPS) is 22.9. The Balaban J connectivity index is 1.60. The van der Waals surface area contributed by atoms with Crippen LogP contribution in [0, 0.1) is 5.92 Å². The lowest BCUT2D eigenvalue weighted by atomic mass is 10.1. The molecule has 6 heteroatoms. The molecule has 1 saturated carbocycles. The Kier molecular flexibility index (Phi) is 5.15. The average Bonchev–Trinajstić information content (AvgIpc) is 3.16. The third-order valence-corrected chi connectivity index (χ3v) is 3.52. The minimum atomic E-state index is -0.188. The molecule has 2 N–H and O–H groups in total. The van der Waals surface area contributed by atoms with E-state index in [1.165, 1.54) is 0 Å². The molecule has 1 heterocycles. The number of aliphatic hydroxyl groups excluding tert-OH is 1. The maximum atomic E-state index is 11.9. The fourth-order valence-corrected chi connectivity index (χ4v) is 2.34. The zero-order chi connectivity index (χ0) is 13.7. The van der Waals surface area contributed by atoms with Crippen LogP contribution in [0.15, 0.2) is 0 Å². The van der Waals surface area contributed by atoms with E-state index < -0.39 is 0 Å². The molecule has 1 aliphatic carbocycles. The smallest absolute Gasteiger partial charge is 0.225 e. The first-order valence-corrected chi connectivity index (χ1v) is 6.98. The first-order chi connectivity index (χ1) is 9.22. The number of carbonyl (C=O) groups excluding carboxylic acids is 2. The molecule has 1 aliphatic heterocycles. The molecule has 0 radical (unpaired) electrons. The predicted molar refractivity (Wildman–Crippen MR) is 68.4 cm³/mol. The number of nitrogens with zero attached hydrogens (tertiary/aromatic N) is 1. The summed E-state index contributed by atoms with van der Waals surface area (Å²) < 4.78 is 5.10. The van der Waals surface area contributed by atoms with Crippen LogP contribution < -0.4 is 5.32 Å². The number of aliphatic hydroxyl groups is 1. The number of nitrogens with one attached hydrogen (secondary N) is 1. The van der Waals surface area contributed by atoms with Crippen molar-refractivity contribution in [2.75, 3.05) is 32.9 Å². The van der Waals surface area contributed by atoms with E-state index in [1.54, 1.807) is 0 Å². The molecule has 108 valence electrons. The molecule has 19 heavy (non-hydrogen) atoms. The van der Waals surface area contributed by atoms with Crippen LogP contribution in [-0.2, 0) is 14.3 Å². The SMILES string of the molecule is O=C(NCCCOCCO)C1CC(=O)N(C2CC2)C1. The standard InChI is InChI=1S/C13H22N2O4/c16-5-7-19-6-1-4-14-13(18)10-8-12(17)15(9-10)11-2-3-11/h10-11,16H,1-9H2,(H,14,18). The third-order valence-electron chi connectivity index (χ3n) is 3.52. The Bertz CT molecular complexity index is 331. The molecule has 2 rings (SSSR count). The second-order valence-corrected chi connectivity index (χ2v) is 5.16. The lowest BCUT2D eigenvalue weighted by molar-refractivity contribution is -0.129. The maximum Gasteiger partial charge on any atom is 0.225 e. The van der Waals surface area contributed by atoms with Crippen molar-refractivity contribution >= 4 is 11.8 Å². The summed E-state index contributed by atoms with van der Waals surface area (Å²) in [5.74, 6) is -0.0981. The lowest BCUT2D eigenvalue weighted by Crippen LogP contribution is -2.34. The Morgan fingerprint density at radius 2 is 2.21 bits per heavy atom. The van der Waals surface area contributed by atoms with Gasteiger partial charge in [-0.1, -0.05) is 0 Å². The van der Waals surface area contributed by atoms with Gasteiger partial charge in [0.25, 0.3) is 0 Å². The van der Waals surface area contributed by atoms with Gasteiger partial charge in [-0.3, -0.25) is 9.59 Å². The molecule has 2 amide bonds. The minimum absolute atomic E-state index is 0.0214. The van der Waals surface area contributed by atoms with E-state index in [2.05, 4.69) is 5.32 Å². The van der Waals surface area contributed by atoms with Crippen LogP contribution in [0.3, 0.4) is 0 Å². The summed E-state index contributed by atoms with van der Waals surface area (Å²) in [4.78, 5) is 25.5. The van der Waals surface area contributed by atoms with Gasteiger partial charge in [-0.2, -0.15) is 0 Å². The van der Waals surface area contributed by atoms with Gasteiger partial charge in [0.2, 0.25) is 11.8 Å². The average molecular weight is 270 g/mol. The van der Waals surface area contributed by atoms with E-state index in [-0.39, 0.29) is 24.3 Å². The van der Waals surface area contributed by atoms with Crippen molar-refractivity contribution in [2.45, 2.75) is 31.7 Å². The van der Waals surface area contributed by atoms with Gasteiger partial charge in [0, 0.05) is 32.2 Å². The summed E-state index contributed by atoms with van der Waals surface area (Å²) in [7, 11) is 0. The number of rotatable bonds is 8. The number of amides is 2. The summed E-state index contributed by atoms with van der Waals surface area (Å²) in [5.41, 5.74) is 0. The maximum absolute atomic E-state index is 11.9. The molecule has 6 nitrogen and oxygen atoms in total. The molecule has 0 aromatic carbocycles. The van der Waals surface area contributed by atoms with Gasteiger partial charge in [-0.15, -0.1) is 0 Å². The van der Waals surface area contributed by atoms with Crippen LogP contribution in [0.1, 0.15) is 25.7 Å². The van der Waals surface area contributed by atoms with Crippen molar-refractivity contribution in [1.82, 2.24) is 10.2 Å². The molecule has 2 aliphatic rings. The van der Waals surface area contributed by atoms with Gasteiger partial charge in [-0.25, -0.2) is 0 Å². The molecule has 1 unspecified atom stereocenters. The first-order valence-electron chi connectivity index (χ1n) is 6.98. The highest BCUT2D eigenvalue weighted by molar-refractivity contribution is 5.89. The minimum Gasteiger partial charge on any atom is -0.394 e. The summed E-state index contributed by atoms with van der Waals surface area (Å²) >= 11 is 0. The summed E-state index contributed by atoms with van der Waals surface area (Å²) in [5, 5.41) is 11.4. The van der Waals surface area contributed by atoms with Crippen molar-refractivity contribution in [3.8, 4) is 0 Å². The largest absolute Gasteiger partial charge is 0.394 e. The molecule has 0 aromatic heterocycles. The van der Waals surface area contributed by atoms with E-state index in [9.17, 15) is 9.59 Å².